The molecule has 0 aliphatic rings. The molecule has 24 heavy (non-hydrogen) atoms. The molecule has 0 spiro atoms. The summed E-state index contributed by atoms with van der Waals surface area (Å²) in [6, 6.07) is 4.69. The molecule has 0 atom stereocenters. The highest BCUT2D eigenvalue weighted by Crippen LogP contribution is 2.32. The smallest absolute Gasteiger partial charge is 0.350 e. The molecule has 0 saturated heterocycles. The number of ether oxygens (including phenoxy) is 2. The van der Waals surface area contributed by atoms with Crippen molar-refractivity contribution in [2.75, 3.05) is 18.5 Å². The number of carbonyl (C=O) groups excluding carboxylic acids is 2. The topological polar surface area (TPSA) is 88.4 Å². The minimum absolute atomic E-state index is 0.0137. The van der Waals surface area contributed by atoms with E-state index in [2.05, 4.69) is 5.32 Å². The van der Waals surface area contributed by atoms with Crippen molar-refractivity contribution in [1.82, 2.24) is 0 Å². The number of nitrogens with zero attached hydrogens (tertiary/aromatic N) is 1. The molecule has 0 amide bonds. The van der Waals surface area contributed by atoms with Gasteiger partial charge in [0, 0.05) is 6.20 Å². The van der Waals surface area contributed by atoms with Crippen LogP contribution in [0, 0.1) is 11.3 Å². The van der Waals surface area contributed by atoms with Crippen LogP contribution in [0.1, 0.15) is 30.6 Å². The molecular weight excluding hydrogens is 355 g/mol. The van der Waals surface area contributed by atoms with Gasteiger partial charge in [-0.1, -0.05) is 30.1 Å². The van der Waals surface area contributed by atoms with Crippen molar-refractivity contribution in [2.24, 2.45) is 0 Å². The summed E-state index contributed by atoms with van der Waals surface area (Å²) in [6.45, 7) is 3.88. The summed E-state index contributed by atoms with van der Waals surface area (Å²) in [5.41, 5.74) is 0.0689. The van der Waals surface area contributed by atoms with Crippen LogP contribution < -0.4 is 5.32 Å². The molecule has 0 heterocycles. The van der Waals surface area contributed by atoms with Crippen molar-refractivity contribution in [3.8, 4) is 6.07 Å². The lowest BCUT2D eigenvalue weighted by Crippen LogP contribution is -2.10. The average Bonchev–Trinajstić information content (AvgIpc) is 2.55. The van der Waals surface area contributed by atoms with E-state index in [1.54, 1.807) is 13.0 Å². The second kappa shape index (κ2) is 9.81. The van der Waals surface area contributed by atoms with E-state index in [0.29, 0.717) is 12.1 Å². The summed E-state index contributed by atoms with van der Waals surface area (Å²) in [4.78, 5) is 23.6. The summed E-state index contributed by atoms with van der Waals surface area (Å²) in [6.07, 6.45) is 1.81. The molecule has 1 rings (SSSR count). The summed E-state index contributed by atoms with van der Waals surface area (Å²) >= 11 is 12.2. The molecule has 0 aliphatic carbocycles. The Morgan fingerprint density at radius 1 is 1.29 bits per heavy atom. The van der Waals surface area contributed by atoms with E-state index in [4.69, 9.17) is 37.9 Å². The van der Waals surface area contributed by atoms with Crippen molar-refractivity contribution in [3.05, 3.63) is 39.5 Å². The number of anilines is 1. The molecule has 0 fully saturated rings. The van der Waals surface area contributed by atoms with Crippen molar-refractivity contribution in [1.29, 1.82) is 5.26 Å². The predicted molar refractivity (Wildman–Crippen MR) is 91.0 cm³/mol. The van der Waals surface area contributed by atoms with Crippen LogP contribution in [0.2, 0.25) is 10.0 Å². The third-order valence-corrected chi connectivity index (χ3v) is 3.43. The molecule has 0 unspecified atom stereocenters. The number of benzene rings is 1. The minimum atomic E-state index is -0.764. The van der Waals surface area contributed by atoms with Gasteiger partial charge in [-0.05, 0) is 25.5 Å². The number of nitriles is 1. The molecule has 1 N–H and O–H groups in total. The lowest BCUT2D eigenvalue weighted by molar-refractivity contribution is -0.138. The lowest BCUT2D eigenvalue weighted by atomic mass is 10.2. The highest BCUT2D eigenvalue weighted by atomic mass is 35.5. The first-order valence-corrected chi connectivity index (χ1v) is 7.90. The van der Waals surface area contributed by atoms with E-state index in [0.717, 1.165) is 6.20 Å². The summed E-state index contributed by atoms with van der Waals surface area (Å²) in [5.74, 6) is -1.41. The van der Waals surface area contributed by atoms with Gasteiger partial charge >= 0.3 is 11.9 Å². The number of carbonyl (C=O) groups is 2. The molecule has 6 nitrogen and oxygen atoms in total. The molecule has 1 aromatic rings. The summed E-state index contributed by atoms with van der Waals surface area (Å²) in [7, 11) is 0. The molecule has 0 aromatic heterocycles. The van der Waals surface area contributed by atoms with Crippen molar-refractivity contribution in [2.45, 2.75) is 20.3 Å². The van der Waals surface area contributed by atoms with E-state index >= 15 is 0 Å². The second-order valence-corrected chi connectivity index (χ2v) is 5.24. The zero-order valence-electron chi connectivity index (χ0n) is 13.2. The van der Waals surface area contributed by atoms with Crippen LogP contribution in [-0.2, 0) is 14.3 Å². The average molecular weight is 371 g/mol. The number of rotatable bonds is 7. The van der Waals surface area contributed by atoms with E-state index in [1.165, 1.54) is 12.1 Å². The molecular formula is C16H16Cl2N2O4. The SMILES string of the molecule is CCCOC(=O)c1c(Cl)ccc(NC=C(C#N)C(=O)OCC)c1Cl. The molecule has 0 radical (unpaired) electrons. The van der Waals surface area contributed by atoms with Gasteiger partial charge in [-0.2, -0.15) is 5.26 Å². The molecule has 0 bridgehead atoms. The zero-order chi connectivity index (χ0) is 18.1. The quantitative estimate of drug-likeness (QED) is 0.444. The van der Waals surface area contributed by atoms with Gasteiger partial charge in [0.05, 0.1) is 34.5 Å². The summed E-state index contributed by atoms with van der Waals surface area (Å²) < 4.78 is 9.77. The van der Waals surface area contributed by atoms with Gasteiger partial charge < -0.3 is 14.8 Å². The maximum Gasteiger partial charge on any atom is 0.350 e. The third-order valence-electron chi connectivity index (χ3n) is 2.72. The Labute approximate surface area is 149 Å². The van der Waals surface area contributed by atoms with E-state index in [-0.39, 0.29) is 34.4 Å². The van der Waals surface area contributed by atoms with Gasteiger partial charge in [0.1, 0.15) is 6.07 Å². The molecule has 128 valence electrons. The monoisotopic (exact) mass is 370 g/mol. The lowest BCUT2D eigenvalue weighted by Gasteiger charge is -2.11. The first-order chi connectivity index (χ1) is 11.5. The molecule has 0 saturated carbocycles. The highest BCUT2D eigenvalue weighted by Gasteiger charge is 2.19. The van der Waals surface area contributed by atoms with Crippen molar-refractivity contribution >= 4 is 40.8 Å². The Balaban J connectivity index is 3.08. The highest BCUT2D eigenvalue weighted by molar-refractivity contribution is 6.41. The number of hydrogen-bond donors (Lipinski definition) is 1. The van der Waals surface area contributed by atoms with Crippen molar-refractivity contribution in [3.63, 3.8) is 0 Å². The van der Waals surface area contributed by atoms with Crippen LogP contribution in [0.5, 0.6) is 0 Å². The fourth-order valence-corrected chi connectivity index (χ4v) is 2.19. The second-order valence-electron chi connectivity index (χ2n) is 4.45. The molecule has 1 aromatic carbocycles. The number of esters is 2. The molecule has 0 aliphatic heterocycles. The Hall–Kier alpha value is -2.23. The minimum Gasteiger partial charge on any atom is -0.462 e. The number of hydrogen-bond acceptors (Lipinski definition) is 6. The van der Waals surface area contributed by atoms with Crippen LogP contribution in [-0.4, -0.2) is 25.2 Å². The van der Waals surface area contributed by atoms with Gasteiger partial charge in [-0.25, -0.2) is 9.59 Å². The van der Waals surface area contributed by atoms with Crippen LogP contribution >= 0.6 is 23.2 Å². The third kappa shape index (κ3) is 5.15. The van der Waals surface area contributed by atoms with Crippen LogP contribution in [0.25, 0.3) is 0 Å². The normalized spacial score (nSPS) is 10.7. The van der Waals surface area contributed by atoms with Crippen molar-refractivity contribution < 1.29 is 19.1 Å². The first kappa shape index (κ1) is 19.8. The van der Waals surface area contributed by atoms with Gasteiger partial charge in [0.25, 0.3) is 0 Å². The number of halogens is 2. The van der Waals surface area contributed by atoms with E-state index in [1.807, 2.05) is 6.92 Å². The Morgan fingerprint density at radius 3 is 2.58 bits per heavy atom. The summed E-state index contributed by atoms with van der Waals surface area (Å²) in [5, 5.41) is 11.8. The van der Waals surface area contributed by atoms with E-state index < -0.39 is 11.9 Å². The zero-order valence-corrected chi connectivity index (χ0v) is 14.7. The molecule has 8 heteroatoms. The number of nitrogens with one attached hydrogen (secondary N) is 1. The van der Waals surface area contributed by atoms with Crippen LogP contribution in [0.3, 0.4) is 0 Å². The van der Waals surface area contributed by atoms with Gasteiger partial charge in [0.2, 0.25) is 0 Å². The Morgan fingerprint density at radius 2 is 2.00 bits per heavy atom. The largest absolute Gasteiger partial charge is 0.462 e. The van der Waals surface area contributed by atoms with Crippen LogP contribution in [0.4, 0.5) is 5.69 Å². The van der Waals surface area contributed by atoms with Gasteiger partial charge in [0.15, 0.2) is 5.57 Å². The van der Waals surface area contributed by atoms with Gasteiger partial charge in [-0.15, -0.1) is 0 Å². The predicted octanol–water partition coefficient (Wildman–Crippen LogP) is 3.94. The Kier molecular flexibility index (Phi) is 8.10. The van der Waals surface area contributed by atoms with Crippen LogP contribution in [0.15, 0.2) is 23.9 Å². The first-order valence-electron chi connectivity index (χ1n) is 7.15. The fourth-order valence-electron chi connectivity index (χ4n) is 1.61. The standard InChI is InChI=1S/C16H16Cl2N2O4/c1-3-7-24-16(22)13-11(17)5-6-12(14(13)18)20-9-10(8-19)15(21)23-4-2/h5-6,9,20H,3-4,7H2,1-2H3. The maximum atomic E-state index is 12.0. The maximum absolute atomic E-state index is 12.0. The van der Waals surface area contributed by atoms with Gasteiger partial charge in [-0.3, -0.25) is 0 Å². The fraction of sp³-hybridized carbons (Fsp3) is 0.312. The Bertz CT molecular complexity index is 696. The van der Waals surface area contributed by atoms with E-state index in [9.17, 15) is 9.59 Å².